The van der Waals surface area contributed by atoms with Crippen LogP contribution in [0.4, 0.5) is 13.2 Å². The predicted octanol–water partition coefficient (Wildman–Crippen LogP) is 3.39. The van der Waals surface area contributed by atoms with Crippen LogP contribution in [0.25, 0.3) is 0 Å². The van der Waals surface area contributed by atoms with E-state index in [1.54, 1.807) is 5.32 Å². The van der Waals surface area contributed by atoms with Crippen LogP contribution in [-0.2, 0) is 0 Å². The van der Waals surface area contributed by atoms with Crippen LogP contribution in [-0.4, -0.2) is 18.6 Å². The third-order valence-electron chi connectivity index (χ3n) is 1.57. The van der Waals surface area contributed by atoms with Crippen molar-refractivity contribution in [2.24, 2.45) is 0 Å². The first kappa shape index (κ1) is 13.3. The molecule has 16 heavy (non-hydrogen) atoms. The molecular weight excluding hydrogens is 310 g/mol. The first-order valence-corrected chi connectivity index (χ1v) is 5.26. The highest BCUT2D eigenvalue weighted by Crippen LogP contribution is 2.20. The highest BCUT2D eigenvalue weighted by molar-refractivity contribution is 9.10. The highest BCUT2D eigenvalue weighted by atomic mass is 79.9. The molecule has 1 aromatic rings. The molecule has 88 valence electrons. The molecule has 0 aromatic heterocycles. The lowest BCUT2D eigenvalue weighted by molar-refractivity contribution is -0.123. The van der Waals surface area contributed by atoms with Crippen molar-refractivity contribution in [3.05, 3.63) is 33.3 Å². The van der Waals surface area contributed by atoms with Gasteiger partial charge in [-0.05, 0) is 18.2 Å². The monoisotopic (exact) mass is 315 g/mol. The van der Waals surface area contributed by atoms with Crippen LogP contribution in [0.2, 0.25) is 5.02 Å². The quantitative estimate of drug-likeness (QED) is 0.890. The van der Waals surface area contributed by atoms with E-state index >= 15 is 0 Å². The lowest BCUT2D eigenvalue weighted by Crippen LogP contribution is -2.33. The summed E-state index contributed by atoms with van der Waals surface area (Å²) in [5.41, 5.74) is 0.0728. The molecule has 0 aliphatic carbocycles. The Balaban J connectivity index is 2.73. The Hall–Kier alpha value is -0.750. The molecule has 0 fully saturated rings. The summed E-state index contributed by atoms with van der Waals surface area (Å²) < 4.78 is 36.0. The Morgan fingerprint density at radius 3 is 2.50 bits per heavy atom. The van der Waals surface area contributed by atoms with E-state index in [0.717, 1.165) is 0 Å². The van der Waals surface area contributed by atoms with Crippen LogP contribution in [0, 0.1) is 0 Å². The van der Waals surface area contributed by atoms with E-state index in [9.17, 15) is 18.0 Å². The van der Waals surface area contributed by atoms with Crippen molar-refractivity contribution in [3.8, 4) is 0 Å². The second kappa shape index (κ2) is 5.05. The van der Waals surface area contributed by atoms with Crippen molar-refractivity contribution in [2.75, 3.05) is 6.54 Å². The number of carbonyl (C=O) groups is 1. The summed E-state index contributed by atoms with van der Waals surface area (Å²) in [6, 6.07) is 4.21. The smallest absolute Gasteiger partial charge is 0.343 e. The fraction of sp³-hybridized carbons (Fsp3) is 0.222. The van der Waals surface area contributed by atoms with Crippen molar-refractivity contribution < 1.29 is 18.0 Å². The van der Waals surface area contributed by atoms with Gasteiger partial charge in [0.15, 0.2) is 0 Å². The first-order valence-electron chi connectivity index (χ1n) is 4.09. The maximum atomic E-state index is 11.8. The van der Waals surface area contributed by atoms with Crippen molar-refractivity contribution in [1.82, 2.24) is 5.32 Å². The second-order valence-corrected chi connectivity index (χ2v) is 4.31. The van der Waals surface area contributed by atoms with Crippen molar-refractivity contribution >= 4 is 33.4 Å². The molecule has 0 bridgehead atoms. The minimum atomic E-state index is -4.43. The number of halogens is 5. The number of carbonyl (C=O) groups excluding carboxylic acids is 1. The van der Waals surface area contributed by atoms with Crippen LogP contribution >= 0.6 is 27.5 Å². The number of benzene rings is 1. The largest absolute Gasteiger partial charge is 0.405 e. The summed E-state index contributed by atoms with van der Waals surface area (Å²) in [5.74, 6) is -0.819. The number of alkyl halides is 3. The first-order chi connectivity index (χ1) is 7.28. The van der Waals surface area contributed by atoms with E-state index in [1.807, 2.05) is 0 Å². The van der Waals surface area contributed by atoms with Crippen LogP contribution in [0.15, 0.2) is 22.7 Å². The molecule has 0 unspecified atom stereocenters. The standard InChI is InChI=1S/C9H6BrClF3NO/c10-6-1-5(2-7(11)3-6)8(16)15-4-9(12,13)14/h1-3H,4H2,(H,15,16). The van der Waals surface area contributed by atoms with Gasteiger partial charge in [-0.15, -0.1) is 0 Å². The van der Waals surface area contributed by atoms with E-state index < -0.39 is 18.6 Å². The van der Waals surface area contributed by atoms with Crippen molar-refractivity contribution in [1.29, 1.82) is 0 Å². The Morgan fingerprint density at radius 1 is 1.38 bits per heavy atom. The fourth-order valence-corrected chi connectivity index (χ4v) is 1.83. The van der Waals surface area contributed by atoms with E-state index in [-0.39, 0.29) is 10.6 Å². The Labute approximate surface area is 103 Å². The zero-order chi connectivity index (χ0) is 12.3. The Bertz CT molecular complexity index is 388. The lowest BCUT2D eigenvalue weighted by Gasteiger charge is -2.08. The summed E-state index contributed by atoms with van der Waals surface area (Å²) >= 11 is 8.74. The van der Waals surface area contributed by atoms with Gasteiger partial charge in [0, 0.05) is 15.1 Å². The van der Waals surface area contributed by atoms with Gasteiger partial charge in [0.05, 0.1) is 0 Å². The summed E-state index contributed by atoms with van der Waals surface area (Å²) in [5, 5.41) is 2.02. The van der Waals surface area contributed by atoms with Crippen LogP contribution in [0.3, 0.4) is 0 Å². The van der Waals surface area contributed by atoms with Gasteiger partial charge in [0.1, 0.15) is 6.54 Å². The summed E-state index contributed by atoms with van der Waals surface area (Å²) in [6.07, 6.45) is -4.43. The number of rotatable bonds is 2. The van der Waals surface area contributed by atoms with Crippen molar-refractivity contribution in [2.45, 2.75) is 6.18 Å². The number of amides is 1. The van der Waals surface area contributed by atoms with Gasteiger partial charge < -0.3 is 5.32 Å². The minimum Gasteiger partial charge on any atom is -0.343 e. The normalized spacial score (nSPS) is 11.3. The molecule has 0 radical (unpaired) electrons. The van der Waals surface area contributed by atoms with Gasteiger partial charge in [-0.2, -0.15) is 13.2 Å². The second-order valence-electron chi connectivity index (χ2n) is 2.96. The molecule has 0 spiro atoms. The van der Waals surface area contributed by atoms with Crippen LogP contribution in [0.5, 0.6) is 0 Å². The summed E-state index contributed by atoms with van der Waals surface area (Å²) in [6.45, 7) is -1.37. The van der Waals surface area contributed by atoms with Gasteiger partial charge in [-0.25, -0.2) is 0 Å². The number of hydrogen-bond donors (Lipinski definition) is 1. The molecule has 1 rings (SSSR count). The van der Waals surface area contributed by atoms with E-state index in [1.165, 1.54) is 18.2 Å². The summed E-state index contributed by atoms with van der Waals surface area (Å²) in [7, 11) is 0. The molecule has 0 atom stereocenters. The minimum absolute atomic E-state index is 0.0728. The van der Waals surface area contributed by atoms with E-state index in [4.69, 9.17) is 11.6 Å². The SMILES string of the molecule is O=C(NCC(F)(F)F)c1cc(Cl)cc(Br)c1. The predicted molar refractivity (Wildman–Crippen MR) is 57.5 cm³/mol. The van der Waals surface area contributed by atoms with Gasteiger partial charge in [0.25, 0.3) is 5.91 Å². The highest BCUT2D eigenvalue weighted by Gasteiger charge is 2.27. The molecule has 0 saturated carbocycles. The molecule has 1 aromatic carbocycles. The van der Waals surface area contributed by atoms with E-state index in [0.29, 0.717) is 4.47 Å². The molecule has 0 aliphatic heterocycles. The molecular formula is C9H6BrClF3NO. The third-order valence-corrected chi connectivity index (χ3v) is 2.25. The summed E-state index contributed by atoms with van der Waals surface area (Å²) in [4.78, 5) is 11.3. The zero-order valence-corrected chi connectivity index (χ0v) is 10.1. The molecule has 1 amide bonds. The topological polar surface area (TPSA) is 29.1 Å². The third kappa shape index (κ3) is 4.40. The van der Waals surface area contributed by atoms with E-state index in [2.05, 4.69) is 15.9 Å². The molecule has 0 saturated heterocycles. The lowest BCUT2D eigenvalue weighted by atomic mass is 10.2. The number of nitrogens with one attached hydrogen (secondary N) is 1. The molecule has 2 nitrogen and oxygen atoms in total. The van der Waals surface area contributed by atoms with Gasteiger partial charge in [-0.1, -0.05) is 27.5 Å². The maximum Gasteiger partial charge on any atom is 0.405 e. The van der Waals surface area contributed by atoms with Crippen molar-refractivity contribution in [3.63, 3.8) is 0 Å². The average molecular weight is 317 g/mol. The Morgan fingerprint density at radius 2 is 2.00 bits per heavy atom. The van der Waals surface area contributed by atoms with Gasteiger partial charge >= 0.3 is 6.18 Å². The average Bonchev–Trinajstić information content (AvgIpc) is 2.11. The molecule has 7 heteroatoms. The molecule has 0 aliphatic rings. The van der Waals surface area contributed by atoms with Gasteiger partial charge in [0.2, 0.25) is 0 Å². The number of hydrogen-bond acceptors (Lipinski definition) is 1. The van der Waals surface area contributed by atoms with Crippen LogP contribution < -0.4 is 5.32 Å². The van der Waals surface area contributed by atoms with Gasteiger partial charge in [-0.3, -0.25) is 4.79 Å². The zero-order valence-electron chi connectivity index (χ0n) is 7.74. The molecule has 1 N–H and O–H groups in total. The molecule has 0 heterocycles. The fourth-order valence-electron chi connectivity index (χ4n) is 0.967. The Kier molecular flexibility index (Phi) is 4.21. The van der Waals surface area contributed by atoms with Crippen LogP contribution in [0.1, 0.15) is 10.4 Å². The maximum absolute atomic E-state index is 11.8.